The van der Waals surface area contributed by atoms with E-state index in [1.807, 2.05) is 45.9 Å². The number of hydrogen-bond donors (Lipinski definition) is 1. The number of benzene rings is 1. The van der Waals surface area contributed by atoms with Crippen LogP contribution < -0.4 is 5.56 Å². The van der Waals surface area contributed by atoms with Gasteiger partial charge < -0.3 is 0 Å². The van der Waals surface area contributed by atoms with Gasteiger partial charge in [-0.3, -0.25) is 9.89 Å². The molecule has 0 bridgehead atoms. The van der Waals surface area contributed by atoms with Gasteiger partial charge in [-0.2, -0.15) is 0 Å². The summed E-state index contributed by atoms with van der Waals surface area (Å²) < 4.78 is 1.49. The summed E-state index contributed by atoms with van der Waals surface area (Å²) in [5.41, 5.74) is 6.64. The SMILES string of the molecule is Cc1cccc(-c2[nH]n3c(=O)cc(-c4cnc(C)nc4C)nc3c2C)c1. The van der Waals surface area contributed by atoms with Gasteiger partial charge in [-0.15, -0.1) is 0 Å². The Morgan fingerprint density at radius 3 is 2.58 bits per heavy atom. The lowest BCUT2D eigenvalue weighted by atomic mass is 10.1. The minimum Gasteiger partial charge on any atom is -0.289 e. The number of aromatic nitrogens is 5. The molecule has 130 valence electrons. The van der Waals surface area contributed by atoms with Gasteiger partial charge in [0.1, 0.15) is 5.82 Å². The lowest BCUT2D eigenvalue weighted by Gasteiger charge is -2.05. The normalized spacial score (nSPS) is 11.2. The Labute approximate surface area is 150 Å². The molecule has 4 rings (SSSR count). The first kappa shape index (κ1) is 16.2. The van der Waals surface area contributed by atoms with Crippen molar-refractivity contribution in [2.45, 2.75) is 27.7 Å². The molecule has 0 saturated carbocycles. The van der Waals surface area contributed by atoms with E-state index >= 15 is 0 Å². The molecule has 0 radical (unpaired) electrons. The van der Waals surface area contributed by atoms with Crippen molar-refractivity contribution in [3.63, 3.8) is 0 Å². The van der Waals surface area contributed by atoms with Crippen LogP contribution in [0.4, 0.5) is 0 Å². The second kappa shape index (κ2) is 5.91. The second-order valence-corrected chi connectivity index (χ2v) is 6.54. The minimum absolute atomic E-state index is 0.160. The average molecular weight is 345 g/mol. The highest BCUT2D eigenvalue weighted by molar-refractivity contribution is 5.72. The zero-order valence-electron chi connectivity index (χ0n) is 15.2. The Balaban J connectivity index is 1.95. The van der Waals surface area contributed by atoms with Crippen molar-refractivity contribution >= 4 is 5.65 Å². The maximum Gasteiger partial charge on any atom is 0.273 e. The molecule has 1 N–H and O–H groups in total. The molecule has 0 fully saturated rings. The van der Waals surface area contributed by atoms with Crippen molar-refractivity contribution in [2.24, 2.45) is 0 Å². The largest absolute Gasteiger partial charge is 0.289 e. The molecule has 0 atom stereocenters. The fourth-order valence-electron chi connectivity index (χ4n) is 3.20. The highest BCUT2D eigenvalue weighted by Gasteiger charge is 2.15. The van der Waals surface area contributed by atoms with E-state index in [4.69, 9.17) is 4.98 Å². The molecular formula is C20H19N5O. The van der Waals surface area contributed by atoms with Gasteiger partial charge in [-0.1, -0.05) is 23.8 Å². The molecule has 6 heteroatoms. The molecule has 0 aliphatic rings. The number of nitrogens with zero attached hydrogens (tertiary/aromatic N) is 4. The summed E-state index contributed by atoms with van der Waals surface area (Å²) in [7, 11) is 0. The number of nitrogens with one attached hydrogen (secondary N) is 1. The van der Waals surface area contributed by atoms with Crippen molar-refractivity contribution in [3.05, 3.63) is 69.5 Å². The molecule has 4 aromatic rings. The molecule has 3 heterocycles. The predicted molar refractivity (Wildman–Crippen MR) is 101 cm³/mol. The van der Waals surface area contributed by atoms with E-state index in [1.54, 1.807) is 6.20 Å². The van der Waals surface area contributed by atoms with Gasteiger partial charge >= 0.3 is 0 Å². The first-order chi connectivity index (χ1) is 12.4. The topological polar surface area (TPSA) is 75.9 Å². The molecule has 0 unspecified atom stereocenters. The van der Waals surface area contributed by atoms with Crippen LogP contribution in [0, 0.1) is 27.7 Å². The predicted octanol–water partition coefficient (Wildman–Crippen LogP) is 3.38. The van der Waals surface area contributed by atoms with E-state index in [-0.39, 0.29) is 5.56 Å². The number of fused-ring (bicyclic) bond motifs is 1. The van der Waals surface area contributed by atoms with Crippen molar-refractivity contribution in [2.75, 3.05) is 0 Å². The van der Waals surface area contributed by atoms with Gasteiger partial charge in [0.25, 0.3) is 5.56 Å². The van der Waals surface area contributed by atoms with Crippen LogP contribution in [0.1, 0.15) is 22.6 Å². The first-order valence-electron chi connectivity index (χ1n) is 8.44. The lowest BCUT2D eigenvalue weighted by Crippen LogP contribution is -2.14. The maximum atomic E-state index is 12.7. The summed E-state index contributed by atoms with van der Waals surface area (Å²) in [6.45, 7) is 7.75. The van der Waals surface area contributed by atoms with Crippen molar-refractivity contribution in [1.82, 2.24) is 24.6 Å². The Kier molecular flexibility index (Phi) is 3.68. The molecule has 1 aromatic carbocycles. The van der Waals surface area contributed by atoms with Crippen LogP contribution in [-0.4, -0.2) is 24.6 Å². The molecule has 3 aromatic heterocycles. The van der Waals surface area contributed by atoms with Gasteiger partial charge in [0, 0.05) is 29.0 Å². The maximum absolute atomic E-state index is 12.7. The number of hydrogen-bond acceptors (Lipinski definition) is 4. The van der Waals surface area contributed by atoms with Gasteiger partial charge in [0.15, 0.2) is 5.65 Å². The number of aromatic amines is 1. The highest BCUT2D eigenvalue weighted by Crippen LogP contribution is 2.26. The smallest absolute Gasteiger partial charge is 0.273 e. The summed E-state index contributed by atoms with van der Waals surface area (Å²) in [6.07, 6.45) is 1.72. The van der Waals surface area contributed by atoms with Crippen molar-refractivity contribution < 1.29 is 0 Å². The third kappa shape index (κ3) is 2.60. The first-order valence-corrected chi connectivity index (χ1v) is 8.44. The average Bonchev–Trinajstić information content (AvgIpc) is 2.92. The Morgan fingerprint density at radius 2 is 1.85 bits per heavy atom. The van der Waals surface area contributed by atoms with Crippen molar-refractivity contribution in [1.29, 1.82) is 0 Å². The molecule has 0 saturated heterocycles. The summed E-state index contributed by atoms with van der Waals surface area (Å²) in [5.74, 6) is 0.698. The van der Waals surface area contributed by atoms with Crippen LogP contribution in [0.15, 0.2) is 41.3 Å². The van der Waals surface area contributed by atoms with Crippen LogP contribution in [0.5, 0.6) is 0 Å². The molecule has 0 spiro atoms. The van der Waals surface area contributed by atoms with Gasteiger partial charge in [-0.25, -0.2) is 19.5 Å². The third-order valence-electron chi connectivity index (χ3n) is 4.54. The lowest BCUT2D eigenvalue weighted by molar-refractivity contribution is 0.902. The van der Waals surface area contributed by atoms with Crippen molar-refractivity contribution in [3.8, 4) is 22.5 Å². The van der Waals surface area contributed by atoms with Gasteiger partial charge in [0.2, 0.25) is 0 Å². The van der Waals surface area contributed by atoms with Crippen LogP contribution >= 0.6 is 0 Å². The third-order valence-corrected chi connectivity index (χ3v) is 4.54. The monoisotopic (exact) mass is 345 g/mol. The highest BCUT2D eigenvalue weighted by atomic mass is 16.1. The van der Waals surface area contributed by atoms with Crippen LogP contribution in [0.3, 0.4) is 0 Å². The fraction of sp³-hybridized carbons (Fsp3) is 0.200. The Bertz CT molecular complexity index is 1200. The molecular weight excluding hydrogens is 326 g/mol. The summed E-state index contributed by atoms with van der Waals surface area (Å²) in [5, 5.41) is 3.19. The number of aryl methyl sites for hydroxylation is 4. The molecule has 6 nitrogen and oxygen atoms in total. The zero-order valence-corrected chi connectivity index (χ0v) is 15.2. The quantitative estimate of drug-likeness (QED) is 0.604. The molecule has 0 aliphatic carbocycles. The summed E-state index contributed by atoms with van der Waals surface area (Å²) in [4.78, 5) is 26.0. The molecule has 0 amide bonds. The van der Waals surface area contributed by atoms with Gasteiger partial charge in [-0.05, 0) is 33.8 Å². The van der Waals surface area contributed by atoms with E-state index in [0.717, 1.165) is 33.6 Å². The van der Waals surface area contributed by atoms with E-state index in [1.165, 1.54) is 10.6 Å². The fourth-order valence-corrected chi connectivity index (χ4v) is 3.20. The molecule has 0 aliphatic heterocycles. The Morgan fingerprint density at radius 1 is 1.04 bits per heavy atom. The summed E-state index contributed by atoms with van der Waals surface area (Å²) in [6, 6.07) is 9.68. The minimum atomic E-state index is -0.160. The van der Waals surface area contributed by atoms with E-state index < -0.39 is 0 Å². The van der Waals surface area contributed by atoms with E-state index in [2.05, 4.69) is 21.1 Å². The molecule has 26 heavy (non-hydrogen) atoms. The van der Waals surface area contributed by atoms with Gasteiger partial charge in [0.05, 0.1) is 17.1 Å². The van der Waals surface area contributed by atoms with Crippen LogP contribution in [0.2, 0.25) is 0 Å². The van der Waals surface area contributed by atoms with E-state index in [0.29, 0.717) is 17.2 Å². The van der Waals surface area contributed by atoms with Crippen LogP contribution in [0.25, 0.3) is 28.2 Å². The number of H-pyrrole nitrogens is 1. The summed E-state index contributed by atoms with van der Waals surface area (Å²) >= 11 is 0. The Hall–Kier alpha value is -3.28. The van der Waals surface area contributed by atoms with Crippen LogP contribution in [-0.2, 0) is 0 Å². The standard InChI is InChI=1S/C20H19N5O/c1-11-6-5-7-15(8-11)19-12(2)20-23-17(9-18(26)25(20)24-19)16-10-21-14(4)22-13(16)3/h5-10,24H,1-4H3. The van der Waals surface area contributed by atoms with E-state index in [9.17, 15) is 4.79 Å². The second-order valence-electron chi connectivity index (χ2n) is 6.54. The zero-order chi connectivity index (χ0) is 18.4. The number of rotatable bonds is 2.